The van der Waals surface area contributed by atoms with Crippen molar-refractivity contribution in [2.45, 2.75) is 55.0 Å². The molecule has 1 aromatic carbocycles. The number of carboxylic acid groups (broad SMARTS) is 1. The fourth-order valence-corrected chi connectivity index (χ4v) is 6.17. The number of carbonyl (C=O) groups is 1. The quantitative estimate of drug-likeness (QED) is 0.666. The maximum Gasteiger partial charge on any atom is 0.320 e. The Balaban J connectivity index is 1.74. The van der Waals surface area contributed by atoms with Crippen molar-refractivity contribution < 1.29 is 24.5 Å². The maximum atomic E-state index is 11.4. The molecule has 4 aliphatic rings. The fourth-order valence-electron chi connectivity index (χ4n) is 6.17. The number of phenols is 1. The number of hydrogen-bond donors (Lipinski definition) is 3. The summed E-state index contributed by atoms with van der Waals surface area (Å²) in [4.78, 5) is 13.8. The Morgan fingerprint density at radius 2 is 2.25 bits per heavy atom. The molecule has 5 rings (SSSR count). The standard InChI is InChI=1S/C21H26N2O5/c1-11(19(25)26)22-13-6-7-21(27-3)15-10-12-4-5-14(24)17-16(12)20(21,18(13)28-17)8-9-23(15)2/h4-7,11,13,15,18,22,24H,8-10H2,1-3H3,(H,25,26)/t11-,13+,15+,18-,20-,21+/m0/s1. The number of benzene rings is 1. The first-order valence-electron chi connectivity index (χ1n) is 9.81. The van der Waals surface area contributed by atoms with Crippen molar-refractivity contribution in [2.75, 3.05) is 20.7 Å². The van der Waals surface area contributed by atoms with E-state index in [1.165, 1.54) is 5.56 Å². The van der Waals surface area contributed by atoms with Crippen LogP contribution in [0, 0.1) is 0 Å². The molecule has 3 N–H and O–H groups in total. The van der Waals surface area contributed by atoms with Gasteiger partial charge in [0.25, 0.3) is 0 Å². The average Bonchev–Trinajstić information content (AvgIpc) is 3.03. The zero-order valence-electron chi connectivity index (χ0n) is 16.3. The van der Waals surface area contributed by atoms with Gasteiger partial charge in [0.15, 0.2) is 11.5 Å². The molecule has 2 heterocycles. The van der Waals surface area contributed by atoms with Crippen LogP contribution in [0.1, 0.15) is 24.5 Å². The van der Waals surface area contributed by atoms with Crippen LogP contribution in [0.4, 0.5) is 0 Å². The topological polar surface area (TPSA) is 91.3 Å². The molecule has 0 radical (unpaired) electrons. The van der Waals surface area contributed by atoms with E-state index < -0.39 is 23.0 Å². The first-order valence-corrected chi connectivity index (χ1v) is 9.81. The summed E-state index contributed by atoms with van der Waals surface area (Å²) in [6.07, 6.45) is 5.38. The van der Waals surface area contributed by atoms with Crippen molar-refractivity contribution in [1.29, 1.82) is 0 Å². The molecule has 2 bridgehead atoms. The van der Waals surface area contributed by atoms with E-state index in [9.17, 15) is 15.0 Å². The fraction of sp³-hybridized carbons (Fsp3) is 0.571. The number of likely N-dealkylation sites (N-methyl/N-ethyl adjacent to an activating group) is 1. The highest BCUT2D eigenvalue weighted by molar-refractivity contribution is 5.73. The van der Waals surface area contributed by atoms with Crippen molar-refractivity contribution >= 4 is 5.97 Å². The Bertz CT molecular complexity index is 886. The normalized spacial score (nSPS) is 38.6. The third-order valence-corrected chi connectivity index (χ3v) is 7.42. The van der Waals surface area contributed by atoms with Gasteiger partial charge >= 0.3 is 5.97 Å². The molecule has 7 heteroatoms. The summed E-state index contributed by atoms with van der Waals surface area (Å²) in [7, 11) is 3.87. The molecule has 1 fully saturated rings. The number of likely N-dealkylation sites (tertiary alicyclic amines) is 1. The SMILES string of the molecule is CO[C@@]12C=C[C@@H](N[C@@H](C)C(=O)O)[C@@H]3Oc4c(O)ccc5c4[C@@]31CCN(C)[C@@H]2C5. The third kappa shape index (κ3) is 1.92. The van der Waals surface area contributed by atoms with Gasteiger partial charge in [0.1, 0.15) is 17.7 Å². The molecule has 0 unspecified atom stereocenters. The van der Waals surface area contributed by atoms with Crippen molar-refractivity contribution in [3.63, 3.8) is 0 Å². The van der Waals surface area contributed by atoms with E-state index in [2.05, 4.69) is 23.3 Å². The average molecular weight is 386 g/mol. The minimum Gasteiger partial charge on any atom is -0.504 e. The van der Waals surface area contributed by atoms with Gasteiger partial charge in [-0.3, -0.25) is 15.0 Å². The van der Waals surface area contributed by atoms with E-state index in [1.54, 1.807) is 20.1 Å². The molecule has 6 atom stereocenters. The predicted molar refractivity (Wildman–Crippen MR) is 102 cm³/mol. The Morgan fingerprint density at radius 1 is 1.46 bits per heavy atom. The van der Waals surface area contributed by atoms with Gasteiger partial charge in [-0.15, -0.1) is 0 Å². The number of nitrogens with zero attached hydrogens (tertiary/aromatic N) is 1. The highest BCUT2D eigenvalue weighted by atomic mass is 16.5. The predicted octanol–water partition coefficient (Wildman–Crippen LogP) is 1.04. The van der Waals surface area contributed by atoms with E-state index in [0.29, 0.717) is 5.75 Å². The summed E-state index contributed by atoms with van der Waals surface area (Å²) in [6.45, 7) is 2.52. The molecule has 28 heavy (non-hydrogen) atoms. The van der Waals surface area contributed by atoms with Crippen LogP contribution in [0.15, 0.2) is 24.3 Å². The number of aromatic hydroxyl groups is 1. The number of piperidine rings is 1. The number of methoxy groups -OCH3 is 1. The van der Waals surface area contributed by atoms with Crippen molar-refractivity contribution in [3.05, 3.63) is 35.4 Å². The smallest absolute Gasteiger partial charge is 0.320 e. The molecule has 0 saturated carbocycles. The Hall–Kier alpha value is -2.09. The van der Waals surface area contributed by atoms with Crippen molar-refractivity contribution in [3.8, 4) is 11.5 Å². The van der Waals surface area contributed by atoms with E-state index in [-0.39, 0.29) is 23.9 Å². The molecule has 1 spiro atoms. The van der Waals surface area contributed by atoms with Gasteiger partial charge in [-0.05, 0) is 45.0 Å². The summed E-state index contributed by atoms with van der Waals surface area (Å²) < 4.78 is 12.7. The molecule has 0 amide bonds. The maximum absolute atomic E-state index is 11.4. The van der Waals surface area contributed by atoms with Crippen LogP contribution in [0.5, 0.6) is 11.5 Å². The number of nitrogens with one attached hydrogen (secondary N) is 1. The van der Waals surface area contributed by atoms with Gasteiger partial charge in [0.05, 0.1) is 11.5 Å². The van der Waals surface area contributed by atoms with E-state index >= 15 is 0 Å². The van der Waals surface area contributed by atoms with Crippen LogP contribution in [-0.2, 0) is 21.4 Å². The molecule has 150 valence electrons. The van der Waals surface area contributed by atoms with Crippen molar-refractivity contribution in [1.82, 2.24) is 10.2 Å². The summed E-state index contributed by atoms with van der Waals surface area (Å²) >= 11 is 0. The number of phenolic OH excluding ortho intramolecular Hbond substituents is 1. The Kier molecular flexibility index (Phi) is 3.67. The molecule has 0 aromatic heterocycles. The molecule has 2 aliphatic heterocycles. The van der Waals surface area contributed by atoms with Crippen LogP contribution in [0.25, 0.3) is 0 Å². The number of rotatable bonds is 4. The number of carboxylic acids is 1. The van der Waals surface area contributed by atoms with E-state index in [4.69, 9.17) is 9.47 Å². The minimum atomic E-state index is -0.904. The van der Waals surface area contributed by atoms with Gasteiger partial charge in [-0.2, -0.15) is 0 Å². The highest BCUT2D eigenvalue weighted by Gasteiger charge is 2.72. The monoisotopic (exact) mass is 386 g/mol. The Morgan fingerprint density at radius 3 is 2.96 bits per heavy atom. The van der Waals surface area contributed by atoms with Crippen LogP contribution in [0.2, 0.25) is 0 Å². The molecular formula is C21H26N2O5. The van der Waals surface area contributed by atoms with Gasteiger partial charge in [-0.25, -0.2) is 0 Å². The van der Waals surface area contributed by atoms with E-state index in [0.717, 1.165) is 24.9 Å². The van der Waals surface area contributed by atoms with Gasteiger partial charge in [-0.1, -0.05) is 18.2 Å². The third-order valence-electron chi connectivity index (χ3n) is 7.42. The minimum absolute atomic E-state index is 0.134. The van der Waals surface area contributed by atoms with Gasteiger partial charge in [0.2, 0.25) is 0 Å². The summed E-state index contributed by atoms with van der Waals surface area (Å²) in [5.41, 5.74) is 1.18. The summed E-state index contributed by atoms with van der Waals surface area (Å²) in [6, 6.07) is 2.83. The zero-order valence-corrected chi connectivity index (χ0v) is 16.3. The summed E-state index contributed by atoms with van der Waals surface area (Å²) in [5, 5.41) is 23.1. The first kappa shape index (κ1) is 18.0. The van der Waals surface area contributed by atoms with E-state index in [1.807, 2.05) is 12.1 Å². The van der Waals surface area contributed by atoms with Crippen LogP contribution >= 0.6 is 0 Å². The van der Waals surface area contributed by atoms with Crippen LogP contribution < -0.4 is 10.1 Å². The van der Waals surface area contributed by atoms with Gasteiger partial charge < -0.3 is 19.7 Å². The number of ether oxygens (including phenoxy) is 2. The Labute approximate surface area is 163 Å². The van der Waals surface area contributed by atoms with Crippen molar-refractivity contribution in [2.24, 2.45) is 0 Å². The lowest BCUT2D eigenvalue weighted by Crippen LogP contribution is -2.77. The second-order valence-corrected chi connectivity index (χ2v) is 8.52. The summed E-state index contributed by atoms with van der Waals surface area (Å²) in [5.74, 6) is -0.237. The lowest BCUT2D eigenvalue weighted by Gasteiger charge is -2.63. The van der Waals surface area contributed by atoms with Crippen LogP contribution in [-0.4, -0.2) is 71.6 Å². The molecule has 1 saturated heterocycles. The molecule has 1 aromatic rings. The molecular weight excluding hydrogens is 360 g/mol. The first-order chi connectivity index (χ1) is 13.4. The lowest BCUT2D eigenvalue weighted by molar-refractivity contribution is -0.158. The number of aliphatic carboxylic acids is 1. The van der Waals surface area contributed by atoms with Gasteiger partial charge in [0, 0.05) is 18.7 Å². The number of hydrogen-bond acceptors (Lipinski definition) is 6. The second-order valence-electron chi connectivity index (χ2n) is 8.52. The zero-order chi connectivity index (χ0) is 19.8. The second kappa shape index (κ2) is 5.72. The largest absolute Gasteiger partial charge is 0.504 e. The molecule has 2 aliphatic carbocycles. The highest BCUT2D eigenvalue weighted by Crippen LogP contribution is 2.64. The lowest BCUT2D eigenvalue weighted by atomic mass is 9.50. The molecule has 7 nitrogen and oxygen atoms in total. The van der Waals surface area contributed by atoms with Crippen LogP contribution in [0.3, 0.4) is 0 Å².